The molecule has 0 atom stereocenters. The summed E-state index contributed by atoms with van der Waals surface area (Å²) < 4.78 is 5.62. The van der Waals surface area contributed by atoms with Gasteiger partial charge in [0.2, 0.25) is 0 Å². The van der Waals surface area contributed by atoms with Gasteiger partial charge in [0.05, 0.1) is 11.6 Å². The highest BCUT2D eigenvalue weighted by Crippen LogP contribution is 2.26. The maximum atomic E-state index is 6.03. The van der Waals surface area contributed by atoms with Gasteiger partial charge in [-0.15, -0.1) is 0 Å². The molecule has 1 rings (SSSR count). The van der Waals surface area contributed by atoms with E-state index in [-0.39, 0.29) is 5.41 Å². The van der Waals surface area contributed by atoms with Gasteiger partial charge in [0.1, 0.15) is 5.75 Å². The van der Waals surface area contributed by atoms with Gasteiger partial charge in [0.25, 0.3) is 0 Å². The Morgan fingerprint density at radius 3 is 2.43 bits per heavy atom. The summed E-state index contributed by atoms with van der Waals surface area (Å²) in [6, 6.07) is 5.84. The number of rotatable bonds is 2. The molecule has 1 aromatic rings. The van der Waals surface area contributed by atoms with E-state index < -0.39 is 0 Å². The molecule has 0 aliphatic carbocycles. The average Bonchev–Trinajstić information content (AvgIpc) is 2.00. The minimum Gasteiger partial charge on any atom is -0.491 e. The first-order chi connectivity index (χ1) is 6.38. The Hall–Kier alpha value is -0.690. The van der Waals surface area contributed by atoms with E-state index >= 15 is 0 Å². The molecule has 0 N–H and O–H groups in total. The van der Waals surface area contributed by atoms with Gasteiger partial charge in [-0.1, -0.05) is 38.4 Å². The molecule has 0 aliphatic rings. The minimum absolute atomic E-state index is 0.161. The summed E-state index contributed by atoms with van der Waals surface area (Å²) in [6.07, 6.45) is 0. The van der Waals surface area contributed by atoms with Crippen molar-refractivity contribution in [2.75, 3.05) is 6.61 Å². The van der Waals surface area contributed by atoms with Crippen molar-refractivity contribution >= 4 is 11.6 Å². The van der Waals surface area contributed by atoms with E-state index in [1.165, 1.54) is 0 Å². The molecule has 78 valence electrons. The standard InChI is InChI=1S/C12H17ClO/c1-9-5-6-11(10(13)7-9)14-8-12(2,3)4/h5-7H,8H2,1-4H3. The van der Waals surface area contributed by atoms with Gasteiger partial charge in [-0.25, -0.2) is 0 Å². The number of aryl methyl sites for hydroxylation is 1. The van der Waals surface area contributed by atoms with Crippen molar-refractivity contribution in [1.82, 2.24) is 0 Å². The van der Waals surface area contributed by atoms with Crippen molar-refractivity contribution in [3.63, 3.8) is 0 Å². The molecule has 1 nitrogen and oxygen atoms in total. The number of benzene rings is 1. The first-order valence-corrected chi connectivity index (χ1v) is 5.15. The van der Waals surface area contributed by atoms with Gasteiger partial charge in [-0.3, -0.25) is 0 Å². The maximum absolute atomic E-state index is 6.03. The molecular formula is C12H17ClO. The van der Waals surface area contributed by atoms with Gasteiger partial charge in [-0.2, -0.15) is 0 Å². The maximum Gasteiger partial charge on any atom is 0.137 e. The van der Waals surface area contributed by atoms with Crippen LogP contribution < -0.4 is 4.74 Å². The monoisotopic (exact) mass is 212 g/mol. The predicted octanol–water partition coefficient (Wildman–Crippen LogP) is 4.07. The Labute approximate surface area is 91.0 Å². The zero-order valence-corrected chi connectivity index (χ0v) is 9.98. The highest BCUT2D eigenvalue weighted by molar-refractivity contribution is 6.32. The fraction of sp³-hybridized carbons (Fsp3) is 0.500. The highest BCUT2D eigenvalue weighted by Gasteiger charge is 2.12. The molecule has 0 aliphatic heterocycles. The predicted molar refractivity (Wildman–Crippen MR) is 61.1 cm³/mol. The third kappa shape index (κ3) is 3.59. The lowest BCUT2D eigenvalue weighted by Crippen LogP contribution is -2.16. The van der Waals surface area contributed by atoms with Gasteiger partial charge in [0.15, 0.2) is 0 Å². The summed E-state index contributed by atoms with van der Waals surface area (Å²) >= 11 is 6.03. The Morgan fingerprint density at radius 1 is 1.29 bits per heavy atom. The van der Waals surface area contributed by atoms with Crippen LogP contribution in [0.25, 0.3) is 0 Å². The topological polar surface area (TPSA) is 9.23 Å². The van der Waals surface area contributed by atoms with E-state index in [9.17, 15) is 0 Å². The van der Waals surface area contributed by atoms with Crippen LogP contribution in [0.4, 0.5) is 0 Å². The van der Waals surface area contributed by atoms with Crippen LogP contribution in [0.5, 0.6) is 5.75 Å². The quantitative estimate of drug-likeness (QED) is 0.718. The molecule has 0 fully saturated rings. The van der Waals surface area contributed by atoms with E-state index in [1.54, 1.807) is 0 Å². The molecule has 14 heavy (non-hydrogen) atoms. The van der Waals surface area contributed by atoms with Crippen molar-refractivity contribution in [1.29, 1.82) is 0 Å². The van der Waals surface area contributed by atoms with Crippen LogP contribution in [0.1, 0.15) is 26.3 Å². The molecule has 0 saturated carbocycles. The molecule has 0 amide bonds. The molecule has 0 saturated heterocycles. The second kappa shape index (κ2) is 4.22. The molecule has 0 aromatic heterocycles. The van der Waals surface area contributed by atoms with Gasteiger partial charge in [-0.05, 0) is 30.0 Å². The van der Waals surface area contributed by atoms with Crippen molar-refractivity contribution in [2.24, 2.45) is 5.41 Å². The number of hydrogen-bond donors (Lipinski definition) is 0. The SMILES string of the molecule is Cc1ccc(OCC(C)(C)C)c(Cl)c1. The smallest absolute Gasteiger partial charge is 0.137 e. The minimum atomic E-state index is 0.161. The van der Waals surface area contributed by atoms with Gasteiger partial charge in [0, 0.05) is 0 Å². The Kier molecular flexibility index (Phi) is 3.43. The average molecular weight is 213 g/mol. The number of ether oxygens (including phenoxy) is 1. The Morgan fingerprint density at radius 2 is 1.93 bits per heavy atom. The van der Waals surface area contributed by atoms with E-state index in [0.29, 0.717) is 11.6 Å². The zero-order chi connectivity index (χ0) is 10.8. The number of hydrogen-bond acceptors (Lipinski definition) is 1. The van der Waals surface area contributed by atoms with Gasteiger partial charge < -0.3 is 4.74 Å². The van der Waals surface area contributed by atoms with Crippen molar-refractivity contribution in [3.05, 3.63) is 28.8 Å². The third-order valence-corrected chi connectivity index (χ3v) is 2.04. The Bertz CT molecular complexity index is 313. The first-order valence-electron chi connectivity index (χ1n) is 4.77. The highest BCUT2D eigenvalue weighted by atomic mass is 35.5. The normalized spacial score (nSPS) is 11.5. The van der Waals surface area contributed by atoms with Crippen molar-refractivity contribution in [3.8, 4) is 5.75 Å². The van der Waals surface area contributed by atoms with Crippen LogP contribution in [0.3, 0.4) is 0 Å². The van der Waals surface area contributed by atoms with Crippen LogP contribution in [0.15, 0.2) is 18.2 Å². The van der Waals surface area contributed by atoms with E-state index in [0.717, 1.165) is 11.3 Å². The lowest BCUT2D eigenvalue weighted by molar-refractivity contribution is 0.198. The summed E-state index contributed by atoms with van der Waals surface area (Å²) in [5, 5.41) is 0.689. The zero-order valence-electron chi connectivity index (χ0n) is 9.23. The summed E-state index contributed by atoms with van der Waals surface area (Å²) in [5.74, 6) is 0.771. The fourth-order valence-electron chi connectivity index (χ4n) is 1.02. The molecule has 0 unspecified atom stereocenters. The molecular weight excluding hydrogens is 196 g/mol. The summed E-state index contributed by atoms with van der Waals surface area (Å²) in [7, 11) is 0. The number of halogens is 1. The molecule has 0 radical (unpaired) electrons. The summed E-state index contributed by atoms with van der Waals surface area (Å²) in [4.78, 5) is 0. The van der Waals surface area contributed by atoms with E-state index in [4.69, 9.17) is 16.3 Å². The lowest BCUT2D eigenvalue weighted by Gasteiger charge is -2.19. The fourth-order valence-corrected chi connectivity index (χ4v) is 1.31. The molecule has 1 aromatic carbocycles. The second-order valence-corrected chi connectivity index (χ2v) is 5.19. The van der Waals surface area contributed by atoms with Gasteiger partial charge >= 0.3 is 0 Å². The molecule has 0 heterocycles. The largest absolute Gasteiger partial charge is 0.491 e. The third-order valence-electron chi connectivity index (χ3n) is 1.75. The molecule has 0 bridgehead atoms. The van der Waals surface area contributed by atoms with Crippen LogP contribution in [0, 0.1) is 12.3 Å². The van der Waals surface area contributed by atoms with Crippen LogP contribution in [-0.4, -0.2) is 6.61 Å². The Balaban J connectivity index is 2.68. The summed E-state index contributed by atoms with van der Waals surface area (Å²) in [6.45, 7) is 9.09. The second-order valence-electron chi connectivity index (χ2n) is 4.78. The van der Waals surface area contributed by atoms with Crippen LogP contribution >= 0.6 is 11.6 Å². The van der Waals surface area contributed by atoms with E-state index in [1.807, 2.05) is 25.1 Å². The van der Waals surface area contributed by atoms with Crippen molar-refractivity contribution in [2.45, 2.75) is 27.7 Å². The molecule has 2 heteroatoms. The lowest BCUT2D eigenvalue weighted by atomic mass is 9.99. The molecule has 0 spiro atoms. The van der Waals surface area contributed by atoms with Crippen LogP contribution in [0.2, 0.25) is 5.02 Å². The van der Waals surface area contributed by atoms with Crippen molar-refractivity contribution < 1.29 is 4.74 Å². The van der Waals surface area contributed by atoms with E-state index in [2.05, 4.69) is 20.8 Å². The summed E-state index contributed by atoms with van der Waals surface area (Å²) in [5.41, 5.74) is 1.31. The first kappa shape index (κ1) is 11.4. The van der Waals surface area contributed by atoms with Crippen LogP contribution in [-0.2, 0) is 0 Å².